The second kappa shape index (κ2) is 11.7. The molecule has 1 saturated heterocycles. The van der Waals surface area contributed by atoms with Crippen LogP contribution in [0.2, 0.25) is 0 Å². The maximum absolute atomic E-state index is 12.1. The van der Waals surface area contributed by atoms with Crippen molar-refractivity contribution < 1.29 is 4.79 Å². The fourth-order valence-corrected chi connectivity index (χ4v) is 3.60. The Morgan fingerprint density at radius 3 is 2.31 bits per heavy atom. The van der Waals surface area contributed by atoms with Crippen molar-refractivity contribution >= 4 is 11.5 Å². The minimum absolute atomic E-state index is 0.394. The van der Waals surface area contributed by atoms with Gasteiger partial charge >= 0.3 is 0 Å². The summed E-state index contributed by atoms with van der Waals surface area (Å²) in [5.41, 5.74) is 4.04. The lowest BCUT2D eigenvalue weighted by Crippen LogP contribution is -2.29. The molecule has 0 radical (unpaired) electrons. The molecule has 1 aliphatic carbocycles. The number of allylic oxidation sites excluding steroid dienone is 4. The molecule has 1 fully saturated rings. The van der Waals surface area contributed by atoms with E-state index in [-0.39, 0.29) is 0 Å². The number of benzene rings is 1. The van der Waals surface area contributed by atoms with Crippen LogP contribution in [0.3, 0.4) is 0 Å². The summed E-state index contributed by atoms with van der Waals surface area (Å²) in [6.07, 6.45) is 15.9. The summed E-state index contributed by atoms with van der Waals surface area (Å²) in [4.78, 5) is 14.6. The molecule has 1 heterocycles. The van der Waals surface area contributed by atoms with Gasteiger partial charge in [-0.15, -0.1) is 0 Å². The number of aryl methyl sites for hydroxylation is 1. The van der Waals surface area contributed by atoms with E-state index in [1.54, 1.807) is 0 Å². The molecule has 0 unspecified atom stereocenters. The second-order valence-corrected chi connectivity index (χ2v) is 7.04. The molecule has 0 spiro atoms. The highest BCUT2D eigenvalue weighted by Gasteiger charge is 2.11. The van der Waals surface area contributed by atoms with Gasteiger partial charge in [0.25, 0.3) is 0 Å². The van der Waals surface area contributed by atoms with Gasteiger partial charge in [0.2, 0.25) is 0 Å². The summed E-state index contributed by atoms with van der Waals surface area (Å²) in [5, 5.41) is 0. The zero-order valence-corrected chi connectivity index (χ0v) is 16.7. The fourth-order valence-electron chi connectivity index (χ4n) is 3.60. The van der Waals surface area contributed by atoms with Gasteiger partial charge in [0.05, 0.1) is 0 Å². The number of Topliss-reactive ketones (excluding diaryl/α,β-unsaturated/α-hetero) is 1. The van der Waals surface area contributed by atoms with Crippen LogP contribution in [0.15, 0.2) is 48.1 Å². The molecule has 26 heavy (non-hydrogen) atoms. The molecule has 0 amide bonds. The van der Waals surface area contributed by atoms with Gasteiger partial charge in [0, 0.05) is 31.6 Å². The molecule has 1 aromatic rings. The zero-order valence-electron chi connectivity index (χ0n) is 16.7. The Hall–Kier alpha value is -1.83. The molecule has 1 aliphatic heterocycles. The van der Waals surface area contributed by atoms with E-state index in [1.165, 1.54) is 49.2 Å². The third-order valence-electron chi connectivity index (χ3n) is 5.18. The summed E-state index contributed by atoms with van der Waals surface area (Å²) in [7, 11) is 0. The van der Waals surface area contributed by atoms with Crippen molar-refractivity contribution in [2.24, 2.45) is 0 Å². The van der Waals surface area contributed by atoms with Gasteiger partial charge in [0.15, 0.2) is 0 Å². The molecule has 2 heteroatoms. The molecule has 0 bridgehead atoms. The van der Waals surface area contributed by atoms with E-state index in [9.17, 15) is 4.79 Å². The van der Waals surface area contributed by atoms with Gasteiger partial charge in [-0.1, -0.05) is 49.8 Å². The van der Waals surface area contributed by atoms with Gasteiger partial charge in [-0.25, -0.2) is 0 Å². The van der Waals surface area contributed by atoms with Gasteiger partial charge in [-0.2, -0.15) is 0 Å². The van der Waals surface area contributed by atoms with Crippen LogP contribution in [0.4, 0.5) is 5.69 Å². The minimum atomic E-state index is 0.394. The topological polar surface area (TPSA) is 20.3 Å². The van der Waals surface area contributed by atoms with Crippen molar-refractivity contribution in [1.29, 1.82) is 0 Å². The quantitative estimate of drug-likeness (QED) is 0.576. The van der Waals surface area contributed by atoms with Crippen LogP contribution >= 0.6 is 0 Å². The van der Waals surface area contributed by atoms with E-state index in [1.807, 2.05) is 13.8 Å². The van der Waals surface area contributed by atoms with E-state index in [4.69, 9.17) is 0 Å². The predicted octanol–water partition coefficient (Wildman–Crippen LogP) is 6.26. The SMILES string of the molecule is CC.O=C(CCC1=CC=CCC1)CCc1ccc(N2CCCCC2)cc1. The first kappa shape index (κ1) is 20.5. The van der Waals surface area contributed by atoms with Crippen LogP contribution in [-0.4, -0.2) is 18.9 Å². The first-order valence-electron chi connectivity index (χ1n) is 10.5. The molecule has 2 aliphatic rings. The molecule has 0 atom stereocenters. The number of ketones is 1. The number of carbonyl (C=O) groups excluding carboxylic acids is 1. The number of nitrogens with zero attached hydrogens (tertiary/aromatic N) is 1. The Kier molecular flexibility index (Phi) is 9.23. The lowest BCUT2D eigenvalue weighted by molar-refractivity contribution is -0.119. The smallest absolute Gasteiger partial charge is 0.133 e. The number of anilines is 1. The maximum atomic E-state index is 12.1. The van der Waals surface area contributed by atoms with Crippen LogP contribution in [0.25, 0.3) is 0 Å². The first-order chi connectivity index (χ1) is 12.8. The largest absolute Gasteiger partial charge is 0.372 e. The van der Waals surface area contributed by atoms with Crippen molar-refractivity contribution in [2.45, 2.75) is 71.6 Å². The summed E-state index contributed by atoms with van der Waals surface area (Å²) in [5.74, 6) is 0.394. The monoisotopic (exact) mass is 353 g/mol. The molecular weight excluding hydrogens is 318 g/mol. The third kappa shape index (κ3) is 6.82. The van der Waals surface area contributed by atoms with Gasteiger partial charge in [-0.05, 0) is 62.6 Å². The summed E-state index contributed by atoms with van der Waals surface area (Å²) < 4.78 is 0. The van der Waals surface area contributed by atoms with Crippen LogP contribution < -0.4 is 4.90 Å². The van der Waals surface area contributed by atoms with Crippen molar-refractivity contribution in [3.63, 3.8) is 0 Å². The highest BCUT2D eigenvalue weighted by atomic mass is 16.1. The van der Waals surface area contributed by atoms with Crippen LogP contribution in [-0.2, 0) is 11.2 Å². The van der Waals surface area contributed by atoms with E-state index in [0.29, 0.717) is 18.6 Å². The van der Waals surface area contributed by atoms with Crippen LogP contribution in [0.5, 0.6) is 0 Å². The number of carbonyl (C=O) groups is 1. The molecule has 0 aromatic heterocycles. The summed E-state index contributed by atoms with van der Waals surface area (Å²) in [6.45, 7) is 6.37. The summed E-state index contributed by atoms with van der Waals surface area (Å²) >= 11 is 0. The molecule has 2 nitrogen and oxygen atoms in total. The van der Waals surface area contributed by atoms with Gasteiger partial charge < -0.3 is 4.90 Å². The Bertz CT molecular complexity index is 591. The average molecular weight is 354 g/mol. The minimum Gasteiger partial charge on any atom is -0.372 e. The predicted molar refractivity (Wildman–Crippen MR) is 113 cm³/mol. The average Bonchev–Trinajstić information content (AvgIpc) is 2.74. The molecular formula is C24H35NO. The Morgan fingerprint density at radius 1 is 0.962 bits per heavy atom. The Labute approximate surface area is 160 Å². The standard InChI is InChI=1S/C22H29NO.C2H6/c24-22(15-11-19-7-3-1-4-8-19)16-12-20-9-13-21(14-10-20)23-17-5-2-6-18-23;1-2/h1,3,7,9-10,13-14H,2,4-6,8,11-12,15-18H2;1-2H3. The second-order valence-electron chi connectivity index (χ2n) is 7.04. The van der Waals surface area contributed by atoms with Gasteiger partial charge in [0.1, 0.15) is 5.78 Å². The third-order valence-corrected chi connectivity index (χ3v) is 5.18. The van der Waals surface area contributed by atoms with Crippen molar-refractivity contribution in [1.82, 2.24) is 0 Å². The number of rotatable bonds is 7. The molecule has 3 rings (SSSR count). The highest BCUT2D eigenvalue weighted by molar-refractivity contribution is 5.78. The van der Waals surface area contributed by atoms with Gasteiger partial charge in [-0.3, -0.25) is 4.79 Å². The van der Waals surface area contributed by atoms with E-state index in [2.05, 4.69) is 47.4 Å². The number of hydrogen-bond donors (Lipinski definition) is 0. The molecule has 1 aromatic carbocycles. The fraction of sp³-hybridized carbons (Fsp3) is 0.542. The van der Waals surface area contributed by atoms with Crippen molar-refractivity contribution in [2.75, 3.05) is 18.0 Å². The van der Waals surface area contributed by atoms with E-state index < -0.39 is 0 Å². The van der Waals surface area contributed by atoms with Crippen molar-refractivity contribution in [3.8, 4) is 0 Å². The lowest BCUT2D eigenvalue weighted by atomic mass is 9.97. The van der Waals surface area contributed by atoms with Crippen molar-refractivity contribution in [3.05, 3.63) is 53.6 Å². The molecule has 0 saturated carbocycles. The maximum Gasteiger partial charge on any atom is 0.133 e. The molecule has 142 valence electrons. The van der Waals surface area contributed by atoms with Crippen LogP contribution in [0, 0.1) is 0 Å². The normalized spacial score (nSPS) is 16.5. The number of hydrogen-bond acceptors (Lipinski definition) is 2. The van der Waals surface area contributed by atoms with E-state index in [0.717, 1.165) is 25.7 Å². The van der Waals surface area contributed by atoms with Crippen LogP contribution in [0.1, 0.15) is 70.8 Å². The molecule has 0 N–H and O–H groups in total. The highest BCUT2D eigenvalue weighted by Crippen LogP contribution is 2.21. The van der Waals surface area contributed by atoms with E-state index >= 15 is 0 Å². The number of piperidine rings is 1. The lowest BCUT2D eigenvalue weighted by Gasteiger charge is -2.28. The Morgan fingerprint density at radius 2 is 1.65 bits per heavy atom. The Balaban J connectivity index is 0.00000117. The zero-order chi connectivity index (χ0) is 18.6. The summed E-state index contributed by atoms with van der Waals surface area (Å²) in [6, 6.07) is 8.85. The first-order valence-corrected chi connectivity index (χ1v) is 10.5.